The van der Waals surface area contributed by atoms with E-state index >= 15 is 0 Å². The number of carboxylic acid groups (broad SMARTS) is 1. The SMILES string of the molecule is CCCCN(C)C(C)C(=O)O. The molecule has 11 heavy (non-hydrogen) atoms. The highest BCUT2D eigenvalue weighted by molar-refractivity contribution is 5.72. The van der Waals surface area contributed by atoms with Gasteiger partial charge in [-0.05, 0) is 26.9 Å². The van der Waals surface area contributed by atoms with Crippen molar-refractivity contribution in [1.29, 1.82) is 0 Å². The molecule has 0 saturated heterocycles. The van der Waals surface area contributed by atoms with Crippen molar-refractivity contribution >= 4 is 5.97 Å². The highest BCUT2D eigenvalue weighted by Crippen LogP contribution is 1.98. The van der Waals surface area contributed by atoms with E-state index in [9.17, 15) is 4.79 Å². The van der Waals surface area contributed by atoms with Gasteiger partial charge in [-0.1, -0.05) is 13.3 Å². The van der Waals surface area contributed by atoms with Gasteiger partial charge in [0.05, 0.1) is 0 Å². The van der Waals surface area contributed by atoms with Crippen molar-refractivity contribution in [3.8, 4) is 0 Å². The van der Waals surface area contributed by atoms with Gasteiger partial charge in [0.25, 0.3) is 0 Å². The first kappa shape index (κ1) is 10.4. The molecular weight excluding hydrogens is 142 g/mol. The van der Waals surface area contributed by atoms with Crippen molar-refractivity contribution in [3.05, 3.63) is 0 Å². The van der Waals surface area contributed by atoms with Crippen LogP contribution in [-0.4, -0.2) is 35.6 Å². The summed E-state index contributed by atoms with van der Waals surface area (Å²) in [7, 11) is 1.84. The van der Waals surface area contributed by atoms with E-state index in [1.807, 2.05) is 11.9 Å². The molecule has 0 aliphatic carbocycles. The van der Waals surface area contributed by atoms with Crippen molar-refractivity contribution in [1.82, 2.24) is 4.90 Å². The summed E-state index contributed by atoms with van der Waals surface area (Å²) >= 11 is 0. The summed E-state index contributed by atoms with van der Waals surface area (Å²) < 4.78 is 0. The van der Waals surface area contributed by atoms with Crippen molar-refractivity contribution < 1.29 is 9.90 Å². The van der Waals surface area contributed by atoms with Crippen LogP contribution in [0.25, 0.3) is 0 Å². The molecule has 0 aliphatic rings. The van der Waals surface area contributed by atoms with Gasteiger partial charge < -0.3 is 5.11 Å². The number of carbonyl (C=O) groups is 1. The number of carboxylic acids is 1. The van der Waals surface area contributed by atoms with Crippen LogP contribution in [0.2, 0.25) is 0 Å². The van der Waals surface area contributed by atoms with E-state index in [2.05, 4.69) is 6.92 Å². The molecule has 0 aliphatic heterocycles. The topological polar surface area (TPSA) is 40.5 Å². The molecule has 0 bridgehead atoms. The lowest BCUT2D eigenvalue weighted by molar-refractivity contribution is -0.142. The molecule has 3 nitrogen and oxygen atoms in total. The highest BCUT2D eigenvalue weighted by Gasteiger charge is 2.15. The van der Waals surface area contributed by atoms with Crippen molar-refractivity contribution in [2.24, 2.45) is 0 Å². The van der Waals surface area contributed by atoms with E-state index in [1.165, 1.54) is 0 Å². The summed E-state index contributed by atoms with van der Waals surface area (Å²) in [6, 6.07) is -0.360. The molecule has 1 atom stereocenters. The van der Waals surface area contributed by atoms with E-state index < -0.39 is 5.97 Å². The fourth-order valence-electron chi connectivity index (χ4n) is 0.790. The third-order valence-corrected chi connectivity index (χ3v) is 1.88. The first-order chi connectivity index (χ1) is 5.09. The highest BCUT2D eigenvalue weighted by atomic mass is 16.4. The second-order valence-electron chi connectivity index (χ2n) is 2.85. The van der Waals surface area contributed by atoms with Crippen LogP contribution in [0.15, 0.2) is 0 Å². The number of rotatable bonds is 5. The van der Waals surface area contributed by atoms with E-state index in [-0.39, 0.29) is 6.04 Å². The summed E-state index contributed by atoms with van der Waals surface area (Å²) in [6.07, 6.45) is 2.17. The predicted molar refractivity (Wildman–Crippen MR) is 44.6 cm³/mol. The molecule has 1 N–H and O–H groups in total. The number of likely N-dealkylation sites (N-methyl/N-ethyl adjacent to an activating group) is 1. The molecule has 0 aromatic heterocycles. The molecule has 0 spiro atoms. The Balaban J connectivity index is 3.63. The normalized spacial score (nSPS) is 13.5. The van der Waals surface area contributed by atoms with Gasteiger partial charge in [0.15, 0.2) is 0 Å². The van der Waals surface area contributed by atoms with Crippen LogP contribution in [0.5, 0.6) is 0 Å². The second-order valence-corrected chi connectivity index (χ2v) is 2.85. The van der Waals surface area contributed by atoms with Crippen molar-refractivity contribution in [2.75, 3.05) is 13.6 Å². The lowest BCUT2D eigenvalue weighted by Crippen LogP contribution is -2.36. The minimum atomic E-state index is -0.747. The molecule has 0 heterocycles. The Hall–Kier alpha value is -0.570. The first-order valence-corrected chi connectivity index (χ1v) is 4.02. The average Bonchev–Trinajstić information content (AvgIpc) is 1.98. The van der Waals surface area contributed by atoms with Crippen molar-refractivity contribution in [2.45, 2.75) is 32.7 Å². The zero-order valence-corrected chi connectivity index (χ0v) is 7.50. The second kappa shape index (κ2) is 5.13. The molecule has 0 radical (unpaired) electrons. The Morgan fingerprint density at radius 1 is 1.64 bits per heavy atom. The van der Waals surface area contributed by atoms with Gasteiger partial charge in [-0.2, -0.15) is 0 Å². The van der Waals surface area contributed by atoms with Crippen LogP contribution in [0.1, 0.15) is 26.7 Å². The van der Waals surface area contributed by atoms with Gasteiger partial charge in [0, 0.05) is 0 Å². The van der Waals surface area contributed by atoms with E-state index in [0.717, 1.165) is 19.4 Å². The summed E-state index contributed by atoms with van der Waals surface area (Å²) in [5, 5.41) is 8.61. The maximum absolute atomic E-state index is 10.5. The Morgan fingerprint density at radius 2 is 2.18 bits per heavy atom. The molecule has 0 aromatic rings. The molecule has 0 fully saturated rings. The zero-order valence-electron chi connectivity index (χ0n) is 7.50. The minimum absolute atomic E-state index is 0.360. The maximum atomic E-state index is 10.5. The van der Waals surface area contributed by atoms with E-state index in [4.69, 9.17) is 5.11 Å². The Kier molecular flexibility index (Phi) is 4.86. The molecule has 66 valence electrons. The molecular formula is C8H17NO2. The number of unbranched alkanes of at least 4 members (excludes halogenated alkanes) is 1. The summed E-state index contributed by atoms with van der Waals surface area (Å²) in [5.41, 5.74) is 0. The van der Waals surface area contributed by atoms with Crippen LogP contribution >= 0.6 is 0 Å². The first-order valence-electron chi connectivity index (χ1n) is 4.02. The molecule has 0 amide bonds. The average molecular weight is 159 g/mol. The van der Waals surface area contributed by atoms with Gasteiger partial charge >= 0.3 is 5.97 Å². The van der Waals surface area contributed by atoms with Crippen LogP contribution in [-0.2, 0) is 4.79 Å². The van der Waals surface area contributed by atoms with Gasteiger partial charge in [0.2, 0.25) is 0 Å². The van der Waals surface area contributed by atoms with E-state index in [1.54, 1.807) is 6.92 Å². The largest absolute Gasteiger partial charge is 0.480 e. The Bertz CT molecular complexity index is 125. The van der Waals surface area contributed by atoms with Crippen LogP contribution in [0.4, 0.5) is 0 Å². The Morgan fingerprint density at radius 3 is 2.55 bits per heavy atom. The molecule has 0 aromatic carbocycles. The lowest BCUT2D eigenvalue weighted by Gasteiger charge is -2.20. The number of hydrogen-bond donors (Lipinski definition) is 1. The minimum Gasteiger partial charge on any atom is -0.480 e. The maximum Gasteiger partial charge on any atom is 0.320 e. The predicted octanol–water partition coefficient (Wildman–Crippen LogP) is 1.19. The van der Waals surface area contributed by atoms with Gasteiger partial charge in [0.1, 0.15) is 6.04 Å². The molecule has 1 unspecified atom stereocenters. The van der Waals surface area contributed by atoms with Gasteiger partial charge in [-0.15, -0.1) is 0 Å². The molecule has 3 heteroatoms. The monoisotopic (exact) mass is 159 g/mol. The van der Waals surface area contributed by atoms with Crippen LogP contribution < -0.4 is 0 Å². The Labute approximate surface area is 68.0 Å². The number of aliphatic carboxylic acids is 1. The van der Waals surface area contributed by atoms with E-state index in [0.29, 0.717) is 0 Å². The molecule has 0 rings (SSSR count). The van der Waals surface area contributed by atoms with Crippen LogP contribution in [0.3, 0.4) is 0 Å². The zero-order chi connectivity index (χ0) is 8.85. The third kappa shape index (κ3) is 3.98. The fraction of sp³-hybridized carbons (Fsp3) is 0.875. The third-order valence-electron chi connectivity index (χ3n) is 1.88. The lowest BCUT2D eigenvalue weighted by atomic mass is 10.2. The summed E-state index contributed by atoms with van der Waals surface area (Å²) in [4.78, 5) is 12.3. The number of hydrogen-bond acceptors (Lipinski definition) is 2. The fourth-order valence-corrected chi connectivity index (χ4v) is 0.790. The molecule has 0 saturated carbocycles. The van der Waals surface area contributed by atoms with Gasteiger partial charge in [-0.3, -0.25) is 9.69 Å². The summed E-state index contributed by atoms with van der Waals surface area (Å²) in [6.45, 7) is 4.67. The van der Waals surface area contributed by atoms with Crippen molar-refractivity contribution in [3.63, 3.8) is 0 Å². The van der Waals surface area contributed by atoms with Gasteiger partial charge in [-0.25, -0.2) is 0 Å². The standard InChI is InChI=1S/C8H17NO2/c1-4-5-6-9(3)7(2)8(10)11/h7H,4-6H2,1-3H3,(H,10,11). The summed E-state index contributed by atoms with van der Waals surface area (Å²) in [5.74, 6) is -0.747. The quantitative estimate of drug-likeness (QED) is 0.655. The smallest absolute Gasteiger partial charge is 0.320 e. The number of nitrogens with zero attached hydrogens (tertiary/aromatic N) is 1. The van der Waals surface area contributed by atoms with Crippen LogP contribution in [0, 0.1) is 0 Å².